The van der Waals surface area contributed by atoms with Crippen molar-refractivity contribution in [1.29, 1.82) is 0 Å². The highest BCUT2D eigenvalue weighted by molar-refractivity contribution is 6.33. The van der Waals surface area contributed by atoms with Crippen molar-refractivity contribution in [2.45, 2.75) is 65.0 Å². The van der Waals surface area contributed by atoms with Crippen LogP contribution in [-0.2, 0) is 11.4 Å². The number of likely N-dealkylation sites (tertiary alicyclic amines) is 1. The molecule has 2 N–H and O–H groups in total. The Labute approximate surface area is 197 Å². The van der Waals surface area contributed by atoms with Crippen molar-refractivity contribution in [2.75, 3.05) is 18.8 Å². The highest BCUT2D eigenvalue weighted by Crippen LogP contribution is 2.39. The highest BCUT2D eigenvalue weighted by Gasteiger charge is 2.26. The van der Waals surface area contributed by atoms with Crippen molar-refractivity contribution in [3.05, 3.63) is 57.6 Å². The van der Waals surface area contributed by atoms with Gasteiger partial charge in [0.25, 0.3) is 0 Å². The second-order valence-corrected chi connectivity index (χ2v) is 8.81. The minimum Gasteiger partial charge on any atom is -0.488 e. The molecule has 3 rings (SSSR count). The molecule has 1 fully saturated rings. The van der Waals surface area contributed by atoms with Crippen LogP contribution in [0.3, 0.4) is 0 Å². The number of carbonyl (C=O) groups excluding carboxylic acids is 1. The van der Waals surface area contributed by atoms with Gasteiger partial charge in [0.15, 0.2) is 0 Å². The maximum absolute atomic E-state index is 10.9. The largest absolute Gasteiger partial charge is 0.488 e. The van der Waals surface area contributed by atoms with E-state index in [0.29, 0.717) is 23.7 Å². The predicted molar refractivity (Wildman–Crippen MR) is 131 cm³/mol. The van der Waals surface area contributed by atoms with Gasteiger partial charge in [-0.25, -0.2) is 0 Å². The fraction of sp³-hybridized carbons (Fsp3) is 0.480. The molecular formula is C25H34Cl2N2O2. The van der Waals surface area contributed by atoms with Crippen molar-refractivity contribution < 1.29 is 9.53 Å². The zero-order valence-corrected chi connectivity index (χ0v) is 20.1. The first-order valence-corrected chi connectivity index (χ1v) is 11.3. The quantitative estimate of drug-likeness (QED) is 0.263. The molecule has 1 atom stereocenters. The molecule has 1 unspecified atom stereocenters. The summed E-state index contributed by atoms with van der Waals surface area (Å²) in [6.45, 7) is 6.80. The van der Waals surface area contributed by atoms with Crippen molar-refractivity contribution in [1.82, 2.24) is 4.90 Å². The summed E-state index contributed by atoms with van der Waals surface area (Å²) in [5.41, 5.74) is 11.3. The molecule has 0 aromatic heterocycles. The molecule has 0 bridgehead atoms. The molecule has 2 aromatic carbocycles. The number of rotatable bonds is 9. The van der Waals surface area contributed by atoms with Gasteiger partial charge >= 0.3 is 0 Å². The van der Waals surface area contributed by atoms with Crippen LogP contribution in [0, 0.1) is 13.8 Å². The van der Waals surface area contributed by atoms with E-state index in [1.165, 1.54) is 30.4 Å². The van der Waals surface area contributed by atoms with Gasteiger partial charge in [0, 0.05) is 24.1 Å². The van der Waals surface area contributed by atoms with E-state index >= 15 is 0 Å². The van der Waals surface area contributed by atoms with E-state index < -0.39 is 0 Å². The van der Waals surface area contributed by atoms with Crippen LogP contribution in [0.25, 0.3) is 0 Å². The molecule has 1 aliphatic rings. The summed E-state index contributed by atoms with van der Waals surface area (Å²) in [5, 5.41) is 0.557. The van der Waals surface area contributed by atoms with Gasteiger partial charge in [-0.3, -0.25) is 4.90 Å². The number of halogens is 2. The van der Waals surface area contributed by atoms with E-state index in [2.05, 4.69) is 36.9 Å². The molecule has 1 saturated heterocycles. The number of nitrogen functional groups attached to an aromatic ring is 1. The van der Waals surface area contributed by atoms with Crippen LogP contribution >= 0.6 is 24.0 Å². The Hall–Kier alpha value is -1.75. The first kappa shape index (κ1) is 25.5. The van der Waals surface area contributed by atoms with Gasteiger partial charge in [0.2, 0.25) is 0 Å². The van der Waals surface area contributed by atoms with Gasteiger partial charge in [-0.2, -0.15) is 0 Å². The molecular weight excluding hydrogens is 431 g/mol. The Bertz CT molecular complexity index is 847. The number of aldehydes is 1. The number of benzene rings is 2. The fourth-order valence-electron chi connectivity index (χ4n) is 4.44. The zero-order valence-electron chi connectivity index (χ0n) is 18.5. The summed E-state index contributed by atoms with van der Waals surface area (Å²) in [7, 11) is 0. The summed E-state index contributed by atoms with van der Waals surface area (Å²) in [6.07, 6.45) is 7.00. The Morgan fingerprint density at radius 1 is 1.10 bits per heavy atom. The monoisotopic (exact) mass is 464 g/mol. The number of hydrogen-bond donors (Lipinski definition) is 1. The third-order valence-corrected chi connectivity index (χ3v) is 6.12. The molecule has 170 valence electrons. The molecule has 0 spiro atoms. The number of carbonyl (C=O) groups is 1. The Morgan fingerprint density at radius 2 is 1.77 bits per heavy atom. The van der Waals surface area contributed by atoms with Gasteiger partial charge < -0.3 is 15.3 Å². The van der Waals surface area contributed by atoms with Crippen molar-refractivity contribution >= 4 is 36.0 Å². The van der Waals surface area contributed by atoms with Crippen LogP contribution in [0.4, 0.5) is 5.69 Å². The lowest BCUT2D eigenvalue weighted by atomic mass is 9.95. The summed E-state index contributed by atoms with van der Waals surface area (Å²) < 4.78 is 6.31. The molecule has 0 amide bonds. The maximum Gasteiger partial charge on any atom is 0.126 e. The van der Waals surface area contributed by atoms with Gasteiger partial charge in [-0.05, 0) is 64.3 Å². The van der Waals surface area contributed by atoms with Crippen LogP contribution in [0.15, 0.2) is 30.3 Å². The number of unbranched alkanes of at least 4 members (excludes halogenated alkanes) is 1. The van der Waals surface area contributed by atoms with E-state index in [1.54, 1.807) is 0 Å². The lowest BCUT2D eigenvalue weighted by molar-refractivity contribution is -0.108. The predicted octanol–water partition coefficient (Wildman–Crippen LogP) is 6.44. The Kier molecular flexibility index (Phi) is 10.1. The summed E-state index contributed by atoms with van der Waals surface area (Å²) in [4.78, 5) is 13.4. The number of piperidine rings is 1. The van der Waals surface area contributed by atoms with Crippen LogP contribution in [-0.4, -0.2) is 24.3 Å². The summed E-state index contributed by atoms with van der Waals surface area (Å²) in [6, 6.07) is 10.5. The first-order valence-electron chi connectivity index (χ1n) is 10.9. The van der Waals surface area contributed by atoms with E-state index in [-0.39, 0.29) is 18.4 Å². The zero-order chi connectivity index (χ0) is 21.5. The SMILES string of the molecule is Cc1cc(C)cc(COc2cc(N)c(Cl)cc2C(CCCC=O)N2CCCCC2)c1.Cl. The molecule has 1 aliphatic heterocycles. The minimum atomic E-state index is 0. The number of ether oxygens (including phenoxy) is 1. The number of nitrogens with zero attached hydrogens (tertiary/aromatic N) is 1. The number of nitrogens with two attached hydrogens (primary N) is 1. The second kappa shape index (κ2) is 12.3. The molecule has 0 saturated carbocycles. The van der Waals surface area contributed by atoms with Crippen LogP contribution < -0.4 is 10.5 Å². The molecule has 6 heteroatoms. The number of anilines is 1. The molecule has 0 radical (unpaired) electrons. The fourth-order valence-corrected chi connectivity index (χ4v) is 4.61. The Morgan fingerprint density at radius 3 is 2.42 bits per heavy atom. The smallest absolute Gasteiger partial charge is 0.126 e. The van der Waals surface area contributed by atoms with Gasteiger partial charge in [-0.15, -0.1) is 12.4 Å². The average Bonchev–Trinajstić information content (AvgIpc) is 2.72. The van der Waals surface area contributed by atoms with E-state index in [9.17, 15) is 4.79 Å². The maximum atomic E-state index is 10.9. The van der Waals surface area contributed by atoms with Crippen molar-refractivity contribution in [3.8, 4) is 5.75 Å². The highest BCUT2D eigenvalue weighted by atomic mass is 35.5. The normalized spacial score (nSPS) is 15.2. The van der Waals surface area contributed by atoms with E-state index in [4.69, 9.17) is 22.1 Å². The minimum absolute atomic E-state index is 0. The van der Waals surface area contributed by atoms with Gasteiger partial charge in [0.05, 0.1) is 10.7 Å². The lowest BCUT2D eigenvalue weighted by Crippen LogP contribution is -2.34. The van der Waals surface area contributed by atoms with Crippen LogP contribution in [0.5, 0.6) is 5.75 Å². The van der Waals surface area contributed by atoms with E-state index in [1.807, 2.05) is 12.1 Å². The third kappa shape index (κ3) is 7.13. The summed E-state index contributed by atoms with van der Waals surface area (Å²) >= 11 is 6.43. The average molecular weight is 465 g/mol. The third-order valence-electron chi connectivity index (χ3n) is 5.79. The topological polar surface area (TPSA) is 55.6 Å². The standard InChI is InChI=1S/C25H33ClN2O2.ClH/c1-18-12-19(2)14-20(13-18)17-30-25-16-23(27)22(26)15-21(25)24(8-4-7-11-29)28-9-5-3-6-10-28;/h11-16,24H,3-10,17,27H2,1-2H3;1H. The van der Waals surface area contributed by atoms with Gasteiger partial charge in [0.1, 0.15) is 18.6 Å². The number of hydrogen-bond acceptors (Lipinski definition) is 4. The molecule has 0 aliphatic carbocycles. The molecule has 2 aromatic rings. The summed E-state index contributed by atoms with van der Waals surface area (Å²) in [5.74, 6) is 0.790. The molecule has 4 nitrogen and oxygen atoms in total. The molecule has 1 heterocycles. The van der Waals surface area contributed by atoms with Crippen LogP contribution in [0.2, 0.25) is 5.02 Å². The van der Waals surface area contributed by atoms with Crippen molar-refractivity contribution in [3.63, 3.8) is 0 Å². The second-order valence-electron chi connectivity index (χ2n) is 8.41. The Balaban J connectivity index is 0.00000341. The molecule has 31 heavy (non-hydrogen) atoms. The van der Waals surface area contributed by atoms with Crippen molar-refractivity contribution in [2.24, 2.45) is 0 Å². The lowest BCUT2D eigenvalue weighted by Gasteiger charge is -2.36. The van der Waals surface area contributed by atoms with E-state index in [0.717, 1.165) is 49.1 Å². The number of aryl methyl sites for hydroxylation is 2. The first-order chi connectivity index (χ1) is 14.5. The van der Waals surface area contributed by atoms with Crippen LogP contribution in [0.1, 0.15) is 66.8 Å². The van der Waals surface area contributed by atoms with Gasteiger partial charge in [-0.1, -0.05) is 47.3 Å².